The van der Waals surface area contributed by atoms with Gasteiger partial charge in [-0.3, -0.25) is 14.9 Å². The molecule has 1 fully saturated rings. The summed E-state index contributed by atoms with van der Waals surface area (Å²) in [5.41, 5.74) is 7.68. The Labute approximate surface area is 183 Å². The number of nitrogens with one attached hydrogen (secondary N) is 2. The molecule has 0 amide bonds. The maximum absolute atomic E-state index is 8.81. The number of carboxylic acid groups (broad SMARTS) is 1. The van der Waals surface area contributed by atoms with Gasteiger partial charge in [-0.05, 0) is 19.3 Å². The van der Waals surface area contributed by atoms with Crippen LogP contribution in [0.3, 0.4) is 0 Å². The molecule has 1 saturated carbocycles. The quantitative estimate of drug-likeness (QED) is 0.411. The van der Waals surface area contributed by atoms with E-state index in [1.165, 1.54) is 12.4 Å². The van der Waals surface area contributed by atoms with Crippen molar-refractivity contribution >= 4 is 18.1 Å². The number of rotatable bonds is 6. The average Bonchev–Trinajstić information content (AvgIpc) is 3.43. The predicted molar refractivity (Wildman–Crippen MR) is 113 cm³/mol. The largest absolute Gasteiger partial charge is 0.494 e. The Morgan fingerprint density at radius 2 is 2.03 bits per heavy atom. The normalized spacial score (nSPS) is 16.9. The molecule has 4 rings (SSSR count). The van der Waals surface area contributed by atoms with Crippen LogP contribution in [0, 0.1) is 11.3 Å². The summed E-state index contributed by atoms with van der Waals surface area (Å²) >= 11 is 0. The first kappa shape index (κ1) is 22.4. The predicted octanol–water partition coefficient (Wildman–Crippen LogP) is 1.84. The minimum Gasteiger partial charge on any atom is -0.494 e. The van der Waals surface area contributed by atoms with Crippen LogP contribution >= 0.6 is 0 Å². The molecule has 0 aromatic carbocycles. The molecule has 0 bridgehead atoms. The Kier molecular flexibility index (Phi) is 7.50. The molecule has 0 saturated heterocycles. The number of carbonyl (C=O) groups is 1. The summed E-state index contributed by atoms with van der Waals surface area (Å²) in [7, 11) is 1.58. The number of aromatic amines is 1. The molecular formula is C20H22N8O4. The van der Waals surface area contributed by atoms with Crippen molar-refractivity contribution in [3.05, 3.63) is 36.5 Å². The van der Waals surface area contributed by atoms with Gasteiger partial charge in [0.1, 0.15) is 23.7 Å². The van der Waals surface area contributed by atoms with Gasteiger partial charge in [-0.1, -0.05) is 0 Å². The molecule has 3 aromatic heterocycles. The number of nitriles is 1. The van der Waals surface area contributed by atoms with Gasteiger partial charge in [-0.15, -0.1) is 0 Å². The van der Waals surface area contributed by atoms with E-state index in [-0.39, 0.29) is 24.3 Å². The highest BCUT2D eigenvalue weighted by molar-refractivity contribution is 5.75. The van der Waals surface area contributed by atoms with Gasteiger partial charge in [0.2, 0.25) is 0 Å². The lowest BCUT2D eigenvalue weighted by atomic mass is 10.1. The lowest BCUT2D eigenvalue weighted by molar-refractivity contribution is -0.122. The number of hydrogen-bond donors (Lipinski definition) is 4. The molecule has 12 heteroatoms. The highest BCUT2D eigenvalue weighted by Crippen LogP contribution is 2.39. The molecule has 1 aliphatic rings. The second-order valence-electron chi connectivity index (χ2n) is 6.82. The fourth-order valence-electron chi connectivity index (χ4n) is 3.29. The van der Waals surface area contributed by atoms with E-state index < -0.39 is 0 Å². The van der Waals surface area contributed by atoms with Gasteiger partial charge in [0.25, 0.3) is 6.47 Å². The molecule has 3 aromatic rings. The van der Waals surface area contributed by atoms with Crippen molar-refractivity contribution in [3.63, 3.8) is 0 Å². The van der Waals surface area contributed by atoms with Crippen LogP contribution in [0.2, 0.25) is 0 Å². The Hall–Kier alpha value is -4.24. The first-order valence-electron chi connectivity index (χ1n) is 9.65. The highest BCUT2D eigenvalue weighted by atomic mass is 16.5. The lowest BCUT2D eigenvalue weighted by Gasteiger charge is -2.17. The van der Waals surface area contributed by atoms with Crippen molar-refractivity contribution in [1.29, 1.82) is 5.26 Å². The molecule has 0 spiro atoms. The molecule has 0 aliphatic heterocycles. The molecule has 3 heterocycles. The van der Waals surface area contributed by atoms with E-state index in [9.17, 15) is 0 Å². The maximum atomic E-state index is 8.81. The summed E-state index contributed by atoms with van der Waals surface area (Å²) in [4.78, 5) is 20.7. The van der Waals surface area contributed by atoms with Crippen LogP contribution in [-0.4, -0.2) is 56.0 Å². The zero-order chi connectivity index (χ0) is 22.9. The molecule has 5 N–H and O–H groups in total. The third kappa shape index (κ3) is 5.46. The first-order valence-corrected chi connectivity index (χ1v) is 9.65. The zero-order valence-electron chi connectivity index (χ0n) is 17.2. The Bertz CT molecular complexity index is 1080. The fourth-order valence-corrected chi connectivity index (χ4v) is 3.29. The van der Waals surface area contributed by atoms with Crippen LogP contribution in [0.5, 0.6) is 11.5 Å². The lowest BCUT2D eigenvalue weighted by Crippen LogP contribution is -2.19. The van der Waals surface area contributed by atoms with Gasteiger partial charge in [-0.25, -0.2) is 9.97 Å². The minimum atomic E-state index is -0.250. The van der Waals surface area contributed by atoms with Crippen molar-refractivity contribution in [3.8, 4) is 28.8 Å². The summed E-state index contributed by atoms with van der Waals surface area (Å²) in [6.07, 6.45) is 8.87. The number of pyridine rings is 1. The fraction of sp³-hybridized carbons (Fsp3) is 0.300. The zero-order valence-corrected chi connectivity index (χ0v) is 17.2. The molecular weight excluding hydrogens is 416 g/mol. The summed E-state index contributed by atoms with van der Waals surface area (Å²) in [5.74, 6) is 2.18. The highest BCUT2D eigenvalue weighted by Gasteiger charge is 2.25. The molecule has 2 atom stereocenters. The van der Waals surface area contributed by atoms with Crippen LogP contribution in [0.1, 0.15) is 25.0 Å². The van der Waals surface area contributed by atoms with Crippen LogP contribution in [0.4, 0.5) is 11.6 Å². The van der Waals surface area contributed by atoms with Crippen molar-refractivity contribution in [2.24, 2.45) is 5.73 Å². The van der Waals surface area contributed by atoms with Crippen LogP contribution < -0.4 is 20.5 Å². The van der Waals surface area contributed by atoms with Crippen LogP contribution in [-0.2, 0) is 4.79 Å². The first-order chi connectivity index (χ1) is 15.6. The van der Waals surface area contributed by atoms with Gasteiger partial charge in [0, 0.05) is 12.1 Å². The van der Waals surface area contributed by atoms with Crippen molar-refractivity contribution in [1.82, 2.24) is 25.1 Å². The molecule has 1 aliphatic carbocycles. The molecule has 12 nitrogen and oxygen atoms in total. The molecule has 0 unspecified atom stereocenters. The van der Waals surface area contributed by atoms with Gasteiger partial charge in [-0.2, -0.15) is 10.4 Å². The van der Waals surface area contributed by atoms with E-state index in [2.05, 4.69) is 30.5 Å². The number of ether oxygens (including phenoxy) is 2. The van der Waals surface area contributed by atoms with Crippen molar-refractivity contribution in [2.45, 2.75) is 31.4 Å². The second kappa shape index (κ2) is 10.7. The number of methoxy groups -OCH3 is 1. The molecule has 166 valence electrons. The number of hydrogen-bond acceptors (Lipinski definition) is 10. The van der Waals surface area contributed by atoms with E-state index >= 15 is 0 Å². The van der Waals surface area contributed by atoms with E-state index in [0.29, 0.717) is 28.8 Å². The maximum Gasteiger partial charge on any atom is 0.290 e. The second-order valence-corrected chi connectivity index (χ2v) is 6.82. The Balaban J connectivity index is 0.000000913. The molecule has 32 heavy (non-hydrogen) atoms. The van der Waals surface area contributed by atoms with E-state index in [1.54, 1.807) is 19.5 Å². The van der Waals surface area contributed by atoms with Crippen LogP contribution in [0.25, 0.3) is 11.3 Å². The number of nitrogens with zero attached hydrogens (tertiary/aromatic N) is 5. The Morgan fingerprint density at radius 3 is 2.66 bits per heavy atom. The van der Waals surface area contributed by atoms with Gasteiger partial charge in [0.05, 0.1) is 43.2 Å². The van der Waals surface area contributed by atoms with Crippen LogP contribution in [0.15, 0.2) is 30.9 Å². The topological polar surface area (TPSA) is 185 Å². The summed E-state index contributed by atoms with van der Waals surface area (Å²) in [6.45, 7) is -0.250. The number of aromatic nitrogens is 5. The van der Waals surface area contributed by atoms with Crippen molar-refractivity contribution in [2.75, 3.05) is 12.4 Å². The summed E-state index contributed by atoms with van der Waals surface area (Å²) in [6, 6.07) is 3.91. The summed E-state index contributed by atoms with van der Waals surface area (Å²) < 4.78 is 11.7. The number of H-pyrrole nitrogens is 1. The van der Waals surface area contributed by atoms with Gasteiger partial charge < -0.3 is 25.6 Å². The smallest absolute Gasteiger partial charge is 0.290 e. The SMILES string of the molecule is COc1cncc(O[C@@H]2CC[C@H](N)C2)c1-c1cc(Nc2cnc(C#N)cn2)n[nH]1.O=CO. The summed E-state index contributed by atoms with van der Waals surface area (Å²) in [5, 5.41) is 26.0. The van der Waals surface area contributed by atoms with Gasteiger partial charge in [0.15, 0.2) is 17.3 Å². The monoisotopic (exact) mass is 438 g/mol. The van der Waals surface area contributed by atoms with Crippen molar-refractivity contribution < 1.29 is 19.4 Å². The number of anilines is 2. The standard InChI is InChI=1S/C19H20N8O2.CH2O2/c1-28-15-8-22-9-16(29-13-3-2-11(21)4-13)19(15)14-5-17(27-26-14)25-18-10-23-12(6-20)7-24-18;2-1-3/h5,7-11,13H,2-4,21H2,1H3,(H2,24,25,26,27);1H,(H,2,3)/t11-,13+;/m0./s1. The van der Waals surface area contributed by atoms with E-state index in [4.69, 9.17) is 30.4 Å². The third-order valence-corrected chi connectivity index (χ3v) is 4.68. The van der Waals surface area contributed by atoms with E-state index in [0.717, 1.165) is 24.8 Å². The Morgan fingerprint density at radius 1 is 1.25 bits per heavy atom. The number of nitrogens with two attached hydrogens (primary N) is 1. The average molecular weight is 438 g/mol. The van der Waals surface area contributed by atoms with Gasteiger partial charge >= 0.3 is 0 Å². The van der Waals surface area contributed by atoms with E-state index in [1.807, 2.05) is 12.1 Å². The molecule has 0 radical (unpaired) electrons. The third-order valence-electron chi connectivity index (χ3n) is 4.68. The minimum absolute atomic E-state index is 0.0482.